The molecule has 376 valence electrons. The average molecular weight is 942 g/mol. The minimum Gasteiger partial charge on any atom is -0.460 e. The highest BCUT2D eigenvalue weighted by Crippen LogP contribution is 2.38. The third-order valence-electron chi connectivity index (χ3n) is 14.8. The Morgan fingerprint density at radius 1 is 0.866 bits per heavy atom. The number of Topliss-reactive ketones (excluding diaryl/α,β-unsaturated/α-hetero) is 3. The summed E-state index contributed by atoms with van der Waals surface area (Å²) >= 11 is 0. The molecule has 0 aromatic rings. The van der Waals surface area contributed by atoms with E-state index in [9.17, 15) is 34.2 Å². The number of allylic oxidation sites excluding steroid dienone is 6. The van der Waals surface area contributed by atoms with Gasteiger partial charge in [-0.25, -0.2) is 4.79 Å². The van der Waals surface area contributed by atoms with Gasteiger partial charge in [0.2, 0.25) is 5.79 Å². The van der Waals surface area contributed by atoms with Gasteiger partial charge < -0.3 is 48.3 Å². The Kier molecular flexibility index (Phi) is 20.7. The predicted molar refractivity (Wildman–Crippen MR) is 249 cm³/mol. The van der Waals surface area contributed by atoms with Gasteiger partial charge in [-0.05, 0) is 107 Å². The van der Waals surface area contributed by atoms with Gasteiger partial charge in [-0.2, -0.15) is 0 Å². The molecule has 0 unspecified atom stereocenters. The largest absolute Gasteiger partial charge is 0.460 e. The van der Waals surface area contributed by atoms with Crippen molar-refractivity contribution in [2.24, 2.45) is 29.6 Å². The number of aliphatic hydroxyl groups is 2. The number of ether oxygens (including phenoxy) is 7. The number of fused-ring (bicyclic) bond motifs is 5. The Bertz CT molecular complexity index is 1830. The number of carbonyl (C=O) groups excluding carboxylic acids is 5. The van der Waals surface area contributed by atoms with E-state index >= 15 is 0 Å². The number of carbonyl (C=O) groups is 5. The van der Waals surface area contributed by atoms with E-state index < -0.39 is 77.9 Å². The Morgan fingerprint density at radius 2 is 1.63 bits per heavy atom. The third kappa shape index (κ3) is 13.9. The van der Waals surface area contributed by atoms with Crippen LogP contribution in [0, 0.1) is 29.6 Å². The summed E-state index contributed by atoms with van der Waals surface area (Å²) in [6.07, 6.45) is 12.7. The summed E-state index contributed by atoms with van der Waals surface area (Å²) in [5.74, 6) is -7.12. The molecule has 1 amide bonds. The summed E-state index contributed by atoms with van der Waals surface area (Å²) in [5.41, 5.74) is 1.57. The Morgan fingerprint density at radius 3 is 2.33 bits per heavy atom. The molecule has 3 saturated heterocycles. The number of nitrogens with zero attached hydrogens (tertiary/aromatic N) is 1. The van der Waals surface area contributed by atoms with Gasteiger partial charge in [0.05, 0.1) is 37.6 Å². The first kappa shape index (κ1) is 54.5. The lowest BCUT2D eigenvalue weighted by Gasteiger charge is -2.42. The van der Waals surface area contributed by atoms with Crippen molar-refractivity contribution < 1.29 is 67.3 Å². The highest BCUT2D eigenvalue weighted by Gasteiger charge is 2.53. The number of hydrogen-bond acceptors (Lipinski definition) is 14. The zero-order chi connectivity index (χ0) is 49.0. The lowest BCUT2D eigenvalue weighted by molar-refractivity contribution is -0.265. The number of ketones is 3. The minimum atomic E-state index is -2.42. The molecule has 15 heteroatoms. The first-order valence-electron chi connectivity index (χ1n) is 24.6. The summed E-state index contributed by atoms with van der Waals surface area (Å²) in [4.78, 5) is 72.1. The number of esters is 1. The SMILES string of the molecule is CO[C@H]1C[C@@H]2CC[C@@H](C)[C@@](O)(O2)C(=O)C(=O)N2CCCC[C@H]2C(=O)O[C@H]([C@H](C)C[C@@H]2CC[C@@H](OCCO)[C@H](OC)C2)CC(=O)[C@H](C)/C=C(\C)[C@H]2O[C@H](C[C@H](C)/C=C/C=C/C=C/1C)C(=O)[C@@H]2OC. The second-order valence-corrected chi connectivity index (χ2v) is 19.9. The Balaban J connectivity index is 1.46. The second kappa shape index (κ2) is 25.4. The van der Waals surface area contributed by atoms with E-state index in [4.69, 9.17) is 33.2 Å². The van der Waals surface area contributed by atoms with Crippen molar-refractivity contribution in [3.63, 3.8) is 0 Å². The van der Waals surface area contributed by atoms with Crippen LogP contribution in [0.2, 0.25) is 0 Å². The first-order valence-corrected chi connectivity index (χ1v) is 24.6. The van der Waals surface area contributed by atoms with E-state index in [2.05, 4.69) is 0 Å². The summed E-state index contributed by atoms with van der Waals surface area (Å²) in [7, 11) is 4.70. The number of piperidine rings is 1. The van der Waals surface area contributed by atoms with Gasteiger partial charge in [0.25, 0.3) is 11.7 Å². The molecule has 0 spiro atoms. The maximum Gasteiger partial charge on any atom is 0.329 e. The topological polar surface area (TPSA) is 194 Å². The summed E-state index contributed by atoms with van der Waals surface area (Å²) < 4.78 is 42.1. The lowest BCUT2D eigenvalue weighted by atomic mass is 9.78. The van der Waals surface area contributed by atoms with Gasteiger partial charge >= 0.3 is 5.97 Å². The molecule has 1 aliphatic carbocycles. The van der Waals surface area contributed by atoms with Gasteiger partial charge in [-0.15, -0.1) is 0 Å². The fourth-order valence-electron chi connectivity index (χ4n) is 10.6. The van der Waals surface area contributed by atoms with E-state index in [1.165, 1.54) is 12.0 Å². The lowest BCUT2D eigenvalue weighted by Crippen LogP contribution is -2.61. The molecule has 15 nitrogen and oxygen atoms in total. The van der Waals surface area contributed by atoms with Crippen molar-refractivity contribution >= 4 is 29.2 Å². The molecule has 15 atom stereocenters. The number of cyclic esters (lactones) is 1. The highest BCUT2D eigenvalue weighted by molar-refractivity contribution is 6.39. The van der Waals surface area contributed by atoms with E-state index in [0.717, 1.165) is 12.0 Å². The van der Waals surface area contributed by atoms with Gasteiger partial charge in [0.1, 0.15) is 36.2 Å². The van der Waals surface area contributed by atoms with Gasteiger partial charge in [0, 0.05) is 52.6 Å². The second-order valence-electron chi connectivity index (χ2n) is 19.9. The van der Waals surface area contributed by atoms with Crippen molar-refractivity contribution in [2.75, 3.05) is 41.1 Å². The van der Waals surface area contributed by atoms with Crippen molar-refractivity contribution in [2.45, 2.75) is 179 Å². The zero-order valence-electron chi connectivity index (χ0n) is 41.4. The van der Waals surface area contributed by atoms with Crippen LogP contribution in [0.5, 0.6) is 0 Å². The maximum absolute atomic E-state index is 14.5. The number of hydrogen-bond donors (Lipinski definition) is 2. The number of rotatable bonds is 9. The molecular formula is C52H79NO14. The fourth-order valence-corrected chi connectivity index (χ4v) is 10.6. The first-order chi connectivity index (χ1) is 31.9. The van der Waals surface area contributed by atoms with Crippen LogP contribution in [0.25, 0.3) is 0 Å². The van der Waals surface area contributed by atoms with Crippen LogP contribution in [0.3, 0.4) is 0 Å². The standard InChI is InChI=1S/C52H79NO14/c1-31-15-11-10-12-16-32(2)42(61-7)29-38-20-18-36(6)52(60,67-38)49(57)50(58)53-22-14-13-17-39(53)51(59)66-43(34(4)27-37-19-21-41(64-24-23-54)44(28-37)62-8)30-40(55)33(3)26-35(5)47-48(63-9)46(56)45(25-31)65-47/h10-12,15-16,26,31,33-34,36-39,41-45,47-48,54,60H,13-14,17-25,27-30H2,1-9H3/b12-10+,15-11+,32-16+,35-26+/t31-,33-,34-,36-,37+,38+,39+,41-,42+,43+,44-,45-,47-,48+,52-/m1/s1. The van der Waals surface area contributed by atoms with E-state index in [1.807, 2.05) is 58.1 Å². The van der Waals surface area contributed by atoms with Gasteiger partial charge in [-0.1, -0.05) is 64.2 Å². The molecule has 5 rings (SSSR count). The van der Waals surface area contributed by atoms with Crippen LogP contribution in [-0.2, 0) is 57.1 Å². The molecule has 0 radical (unpaired) electrons. The summed E-state index contributed by atoms with van der Waals surface area (Å²) in [5, 5.41) is 21.3. The molecule has 0 aromatic heterocycles. The normalized spacial score (nSPS) is 40.0. The predicted octanol–water partition coefficient (Wildman–Crippen LogP) is 5.97. The smallest absolute Gasteiger partial charge is 0.329 e. The van der Waals surface area contributed by atoms with E-state index in [-0.39, 0.29) is 74.1 Å². The summed E-state index contributed by atoms with van der Waals surface area (Å²) in [6, 6.07) is -1.12. The molecule has 5 aliphatic rings. The molecular weight excluding hydrogens is 863 g/mol. The minimum absolute atomic E-state index is 0.0141. The Labute approximate surface area is 398 Å². The molecule has 4 heterocycles. The third-order valence-corrected chi connectivity index (χ3v) is 14.8. The molecule has 2 N–H and O–H groups in total. The van der Waals surface area contributed by atoms with Crippen molar-refractivity contribution in [3.05, 3.63) is 47.6 Å². The molecule has 1 saturated carbocycles. The van der Waals surface area contributed by atoms with Gasteiger partial charge in [0.15, 0.2) is 5.78 Å². The van der Waals surface area contributed by atoms with Crippen LogP contribution < -0.4 is 0 Å². The monoisotopic (exact) mass is 942 g/mol. The fraction of sp³-hybridized carbons (Fsp3) is 0.750. The average Bonchev–Trinajstić information content (AvgIpc) is 3.63. The number of methoxy groups -OCH3 is 3. The molecule has 67 heavy (non-hydrogen) atoms. The maximum atomic E-state index is 14.5. The molecule has 0 aromatic carbocycles. The van der Waals surface area contributed by atoms with Crippen molar-refractivity contribution in [1.82, 2.24) is 4.90 Å². The van der Waals surface area contributed by atoms with E-state index in [0.29, 0.717) is 63.4 Å². The van der Waals surface area contributed by atoms with Crippen molar-refractivity contribution in [1.29, 1.82) is 0 Å². The zero-order valence-corrected chi connectivity index (χ0v) is 41.4. The van der Waals surface area contributed by atoms with Gasteiger partial charge in [-0.3, -0.25) is 19.2 Å². The van der Waals surface area contributed by atoms with E-state index in [1.54, 1.807) is 34.1 Å². The summed E-state index contributed by atoms with van der Waals surface area (Å²) in [6.45, 7) is 11.4. The van der Waals surface area contributed by atoms with Crippen molar-refractivity contribution in [3.8, 4) is 0 Å². The molecule has 4 aliphatic heterocycles. The number of amides is 1. The van der Waals surface area contributed by atoms with Crippen LogP contribution in [0.15, 0.2) is 47.6 Å². The van der Waals surface area contributed by atoms with Crippen LogP contribution in [-0.4, -0.2) is 146 Å². The molecule has 4 bridgehead atoms. The number of aliphatic hydroxyl groups excluding tert-OH is 1. The Hall–Kier alpha value is -3.41. The van der Waals surface area contributed by atoms with Crippen LogP contribution in [0.1, 0.15) is 119 Å². The highest BCUT2D eigenvalue weighted by atomic mass is 16.6. The molecule has 4 fully saturated rings. The van der Waals surface area contributed by atoms with Crippen LogP contribution in [0.4, 0.5) is 0 Å². The van der Waals surface area contributed by atoms with Crippen LogP contribution >= 0.6 is 0 Å². The quantitative estimate of drug-likeness (QED) is 0.156.